The minimum atomic E-state index is -0.130. The molecule has 268 valence electrons. The number of hydrogen-bond donors (Lipinski definition) is 0. The van der Waals surface area contributed by atoms with Crippen LogP contribution in [0, 0.1) is 0 Å². The zero-order valence-electron chi connectivity index (χ0n) is 31.8. The summed E-state index contributed by atoms with van der Waals surface area (Å²) >= 11 is 0. The number of rotatable bonds is 5. The number of hydrogen-bond acceptors (Lipinski definition) is 2. The van der Waals surface area contributed by atoms with Crippen molar-refractivity contribution in [3.05, 3.63) is 199 Å². The molecular weight excluding hydrogens is 691 g/mol. The molecule has 9 aromatic carbocycles. The highest BCUT2D eigenvalue weighted by molar-refractivity contribution is 6.22. The third-order valence-corrected chi connectivity index (χ3v) is 12.6. The van der Waals surface area contributed by atoms with Crippen molar-refractivity contribution in [3.63, 3.8) is 0 Å². The van der Waals surface area contributed by atoms with E-state index >= 15 is 0 Å². The molecule has 0 radical (unpaired) electrons. The topological polar surface area (TPSA) is 16.4 Å². The Kier molecular flexibility index (Phi) is 6.72. The molecular formula is C55H37NO. The van der Waals surface area contributed by atoms with Crippen molar-refractivity contribution < 1.29 is 4.42 Å². The first kappa shape index (κ1) is 32.1. The van der Waals surface area contributed by atoms with Crippen LogP contribution in [0.4, 0.5) is 17.1 Å². The average Bonchev–Trinajstić information content (AvgIpc) is 3.89. The highest BCUT2D eigenvalue weighted by atomic mass is 16.3. The lowest BCUT2D eigenvalue weighted by atomic mass is 9.82. The molecule has 2 heteroatoms. The van der Waals surface area contributed by atoms with Crippen molar-refractivity contribution in [1.29, 1.82) is 0 Å². The Morgan fingerprint density at radius 3 is 1.77 bits per heavy atom. The molecule has 1 aromatic heterocycles. The average molecular weight is 728 g/mol. The minimum absolute atomic E-state index is 0.130. The van der Waals surface area contributed by atoms with E-state index in [1.165, 1.54) is 72.0 Å². The van der Waals surface area contributed by atoms with Gasteiger partial charge in [0.15, 0.2) is 0 Å². The van der Waals surface area contributed by atoms with Crippen molar-refractivity contribution >= 4 is 49.8 Å². The van der Waals surface area contributed by atoms with Crippen molar-refractivity contribution in [3.8, 4) is 55.6 Å². The second-order valence-corrected chi connectivity index (χ2v) is 16.0. The molecule has 10 aromatic rings. The summed E-state index contributed by atoms with van der Waals surface area (Å²) in [5, 5.41) is 4.76. The van der Waals surface area contributed by atoms with E-state index < -0.39 is 0 Å². The molecule has 1 heterocycles. The summed E-state index contributed by atoms with van der Waals surface area (Å²) in [6.07, 6.45) is 0. The number of furan rings is 1. The van der Waals surface area contributed by atoms with Gasteiger partial charge in [0.2, 0.25) is 0 Å². The van der Waals surface area contributed by atoms with Crippen molar-refractivity contribution in [1.82, 2.24) is 0 Å². The van der Waals surface area contributed by atoms with Gasteiger partial charge in [-0.15, -0.1) is 0 Å². The number of para-hydroxylation sites is 1. The van der Waals surface area contributed by atoms with Gasteiger partial charge in [-0.1, -0.05) is 172 Å². The number of benzene rings is 9. The molecule has 0 saturated heterocycles. The van der Waals surface area contributed by atoms with Gasteiger partial charge in [0.1, 0.15) is 11.2 Å². The van der Waals surface area contributed by atoms with Gasteiger partial charge < -0.3 is 9.32 Å². The molecule has 2 nitrogen and oxygen atoms in total. The van der Waals surface area contributed by atoms with Gasteiger partial charge in [-0.3, -0.25) is 0 Å². The Bertz CT molecular complexity index is 3230. The summed E-state index contributed by atoms with van der Waals surface area (Å²) in [6, 6.07) is 68.7. The number of fused-ring (bicyclic) bond motifs is 9. The van der Waals surface area contributed by atoms with Crippen LogP contribution in [0.3, 0.4) is 0 Å². The summed E-state index contributed by atoms with van der Waals surface area (Å²) in [7, 11) is 0. The van der Waals surface area contributed by atoms with Crippen molar-refractivity contribution in [2.24, 2.45) is 0 Å². The summed E-state index contributed by atoms with van der Waals surface area (Å²) in [6.45, 7) is 4.70. The summed E-state index contributed by atoms with van der Waals surface area (Å²) < 4.78 is 7.02. The maximum atomic E-state index is 7.02. The molecule has 12 rings (SSSR count). The highest BCUT2D eigenvalue weighted by Gasteiger charge is 2.38. The fourth-order valence-corrected chi connectivity index (χ4v) is 10.0. The maximum absolute atomic E-state index is 7.02. The Morgan fingerprint density at radius 2 is 0.965 bits per heavy atom. The second-order valence-electron chi connectivity index (χ2n) is 16.0. The molecule has 0 spiro atoms. The van der Waals surface area contributed by atoms with Crippen LogP contribution in [0.25, 0.3) is 88.3 Å². The van der Waals surface area contributed by atoms with E-state index in [1.807, 2.05) is 0 Å². The standard InChI is InChI=1S/C55H37NO/c1-55(2)46-23-9-8-18-44(46)52-47(55)24-12-25-48(52)56(36-30-28-35(29-31-36)34-14-4-3-5-15-34)49-26-13-27-50-53(49)45-22-11-21-43(54(45)57-50)39-32-33-42-38-17-7-6-16-37(38)40-19-10-20-41(39)51(40)42/h3-33H,1-2H3. The minimum Gasteiger partial charge on any atom is -0.455 e. The van der Waals surface area contributed by atoms with Gasteiger partial charge >= 0.3 is 0 Å². The fraction of sp³-hybridized carbons (Fsp3) is 0.0545. The van der Waals surface area contributed by atoms with E-state index in [-0.39, 0.29) is 5.41 Å². The molecule has 0 bridgehead atoms. The van der Waals surface area contributed by atoms with Crippen LogP contribution in [0.2, 0.25) is 0 Å². The van der Waals surface area contributed by atoms with Crippen molar-refractivity contribution in [2.75, 3.05) is 4.90 Å². The molecule has 2 aliphatic carbocycles. The second kappa shape index (κ2) is 11.9. The molecule has 0 aliphatic heterocycles. The Balaban J connectivity index is 1.10. The van der Waals surface area contributed by atoms with Crippen LogP contribution in [0.1, 0.15) is 25.0 Å². The molecule has 0 unspecified atom stereocenters. The van der Waals surface area contributed by atoms with Crippen LogP contribution in [-0.4, -0.2) is 0 Å². The first-order valence-electron chi connectivity index (χ1n) is 19.9. The zero-order chi connectivity index (χ0) is 37.8. The quantitative estimate of drug-likeness (QED) is 0.175. The predicted molar refractivity (Wildman–Crippen MR) is 239 cm³/mol. The molecule has 2 aliphatic rings. The van der Waals surface area contributed by atoms with E-state index in [4.69, 9.17) is 4.42 Å². The van der Waals surface area contributed by atoms with Gasteiger partial charge in [0.05, 0.1) is 16.8 Å². The molecule has 0 amide bonds. The third-order valence-electron chi connectivity index (χ3n) is 12.6. The SMILES string of the molecule is CC1(C)c2ccccc2-c2c(N(c3ccc(-c4ccccc4)cc3)c3cccc4oc5c(-c6ccc7c8c(cccc68)-c6ccccc6-7)cccc5c34)cccc21. The van der Waals surface area contributed by atoms with Gasteiger partial charge in [-0.2, -0.15) is 0 Å². The number of nitrogens with zero attached hydrogens (tertiary/aromatic N) is 1. The smallest absolute Gasteiger partial charge is 0.143 e. The van der Waals surface area contributed by atoms with E-state index in [2.05, 4.69) is 207 Å². The summed E-state index contributed by atoms with van der Waals surface area (Å²) in [5.74, 6) is 0. The van der Waals surface area contributed by atoms with Crippen LogP contribution in [-0.2, 0) is 5.41 Å². The molecule has 0 N–H and O–H groups in total. The zero-order valence-corrected chi connectivity index (χ0v) is 31.8. The number of anilines is 3. The summed E-state index contributed by atoms with van der Waals surface area (Å²) in [5.41, 5.74) is 20.1. The lowest BCUT2D eigenvalue weighted by Gasteiger charge is -2.29. The summed E-state index contributed by atoms with van der Waals surface area (Å²) in [4.78, 5) is 2.46. The highest BCUT2D eigenvalue weighted by Crippen LogP contribution is 2.56. The molecule has 0 fully saturated rings. The Labute approximate surface area is 331 Å². The lowest BCUT2D eigenvalue weighted by Crippen LogP contribution is -2.16. The Hall–Kier alpha value is -7.16. The van der Waals surface area contributed by atoms with Crippen LogP contribution >= 0.6 is 0 Å². The van der Waals surface area contributed by atoms with Gasteiger partial charge in [0.25, 0.3) is 0 Å². The van der Waals surface area contributed by atoms with Crippen molar-refractivity contribution in [2.45, 2.75) is 19.3 Å². The Morgan fingerprint density at radius 1 is 0.386 bits per heavy atom. The van der Waals surface area contributed by atoms with Crippen LogP contribution < -0.4 is 4.90 Å². The van der Waals surface area contributed by atoms with Gasteiger partial charge in [0, 0.05) is 27.6 Å². The van der Waals surface area contributed by atoms with E-state index in [9.17, 15) is 0 Å². The molecule has 0 atom stereocenters. The molecule has 0 saturated carbocycles. The van der Waals surface area contributed by atoms with Crippen LogP contribution in [0.5, 0.6) is 0 Å². The first-order valence-corrected chi connectivity index (χ1v) is 19.9. The lowest BCUT2D eigenvalue weighted by molar-refractivity contribution is 0.660. The van der Waals surface area contributed by atoms with Gasteiger partial charge in [-0.05, 0) is 96.7 Å². The van der Waals surface area contributed by atoms with E-state index in [1.54, 1.807) is 0 Å². The normalized spacial score (nSPS) is 13.2. The monoisotopic (exact) mass is 727 g/mol. The molecule has 57 heavy (non-hydrogen) atoms. The largest absolute Gasteiger partial charge is 0.455 e. The van der Waals surface area contributed by atoms with Gasteiger partial charge in [-0.25, -0.2) is 0 Å². The first-order chi connectivity index (χ1) is 28.1. The maximum Gasteiger partial charge on any atom is 0.143 e. The third kappa shape index (κ3) is 4.53. The fourth-order valence-electron chi connectivity index (χ4n) is 10.0. The van der Waals surface area contributed by atoms with E-state index in [0.29, 0.717) is 0 Å². The van der Waals surface area contributed by atoms with Crippen LogP contribution in [0.15, 0.2) is 192 Å². The predicted octanol–water partition coefficient (Wildman–Crippen LogP) is 15.5. The van der Waals surface area contributed by atoms with E-state index in [0.717, 1.165) is 44.6 Å².